The predicted octanol–water partition coefficient (Wildman–Crippen LogP) is 4.13. The molecule has 0 aliphatic carbocycles. The second-order valence-electron chi connectivity index (χ2n) is 4.91. The Morgan fingerprint density at radius 1 is 1.05 bits per heavy atom. The van der Waals surface area contributed by atoms with E-state index in [1.54, 1.807) is 6.26 Å². The van der Waals surface area contributed by atoms with Gasteiger partial charge >= 0.3 is 0 Å². The van der Waals surface area contributed by atoms with E-state index >= 15 is 0 Å². The van der Waals surface area contributed by atoms with Crippen molar-refractivity contribution >= 4 is 10.8 Å². The van der Waals surface area contributed by atoms with Crippen LogP contribution in [-0.4, -0.2) is 5.11 Å². The van der Waals surface area contributed by atoms with E-state index < -0.39 is 6.10 Å². The molecule has 19 heavy (non-hydrogen) atoms. The second kappa shape index (κ2) is 4.56. The average molecular weight is 252 g/mol. The van der Waals surface area contributed by atoms with Crippen molar-refractivity contribution in [2.45, 2.75) is 20.0 Å². The van der Waals surface area contributed by atoms with Crippen molar-refractivity contribution in [3.05, 3.63) is 71.2 Å². The van der Waals surface area contributed by atoms with Gasteiger partial charge in [-0.2, -0.15) is 0 Å². The first-order valence-electron chi connectivity index (χ1n) is 6.38. The van der Waals surface area contributed by atoms with Gasteiger partial charge in [0.05, 0.1) is 6.26 Å². The van der Waals surface area contributed by atoms with Gasteiger partial charge in [0.2, 0.25) is 0 Å². The molecule has 0 saturated heterocycles. The molecule has 3 rings (SSSR count). The number of aliphatic hydroxyl groups is 1. The van der Waals surface area contributed by atoms with Gasteiger partial charge in [-0.25, -0.2) is 0 Å². The maximum atomic E-state index is 10.6. The van der Waals surface area contributed by atoms with Gasteiger partial charge in [0.15, 0.2) is 0 Å². The SMILES string of the molecule is Cc1cc(C(O)c2c(C)ccc3ccccc23)co1. The zero-order chi connectivity index (χ0) is 13.4. The number of hydrogen-bond donors (Lipinski definition) is 1. The van der Waals surface area contributed by atoms with Crippen LogP contribution in [0.3, 0.4) is 0 Å². The van der Waals surface area contributed by atoms with Gasteiger partial charge in [0.1, 0.15) is 11.9 Å². The summed E-state index contributed by atoms with van der Waals surface area (Å²) in [5.74, 6) is 0.812. The Morgan fingerprint density at radius 2 is 1.84 bits per heavy atom. The van der Waals surface area contributed by atoms with Crippen molar-refractivity contribution in [3.63, 3.8) is 0 Å². The molecule has 1 atom stereocenters. The molecule has 1 heterocycles. The first-order valence-corrected chi connectivity index (χ1v) is 6.38. The van der Waals surface area contributed by atoms with E-state index in [0.29, 0.717) is 0 Å². The summed E-state index contributed by atoms with van der Waals surface area (Å²) in [4.78, 5) is 0. The van der Waals surface area contributed by atoms with Crippen LogP contribution in [0.4, 0.5) is 0 Å². The molecule has 0 spiro atoms. The highest BCUT2D eigenvalue weighted by Crippen LogP contribution is 2.32. The molecule has 1 aromatic heterocycles. The topological polar surface area (TPSA) is 33.4 Å². The molecule has 0 aliphatic heterocycles. The Morgan fingerprint density at radius 3 is 2.58 bits per heavy atom. The fraction of sp³-hybridized carbons (Fsp3) is 0.176. The summed E-state index contributed by atoms with van der Waals surface area (Å²) in [6, 6.07) is 14.1. The molecule has 0 bridgehead atoms. The molecular weight excluding hydrogens is 236 g/mol. The fourth-order valence-corrected chi connectivity index (χ4v) is 2.54. The third-order valence-electron chi connectivity index (χ3n) is 3.53. The van der Waals surface area contributed by atoms with Crippen LogP contribution in [0.1, 0.15) is 28.6 Å². The number of benzene rings is 2. The van der Waals surface area contributed by atoms with E-state index in [1.165, 1.54) is 0 Å². The molecule has 2 aromatic carbocycles. The standard InChI is InChI=1S/C17H16O2/c1-11-7-8-13-5-3-4-6-15(13)16(11)17(18)14-9-12(2)19-10-14/h3-10,17-18H,1-2H3. The normalized spacial score (nSPS) is 12.8. The van der Waals surface area contributed by atoms with E-state index in [0.717, 1.165) is 33.2 Å². The van der Waals surface area contributed by atoms with E-state index in [1.807, 2.05) is 44.2 Å². The molecule has 0 fully saturated rings. The van der Waals surface area contributed by atoms with Crippen LogP contribution in [0.5, 0.6) is 0 Å². The van der Waals surface area contributed by atoms with Crippen LogP contribution in [-0.2, 0) is 0 Å². The number of aliphatic hydroxyl groups excluding tert-OH is 1. The van der Waals surface area contributed by atoms with Gasteiger partial charge in [-0.15, -0.1) is 0 Å². The summed E-state index contributed by atoms with van der Waals surface area (Å²) in [6.45, 7) is 3.91. The minimum Gasteiger partial charge on any atom is -0.469 e. The molecule has 2 heteroatoms. The molecule has 1 N–H and O–H groups in total. The average Bonchev–Trinajstić information content (AvgIpc) is 2.85. The number of aryl methyl sites for hydroxylation is 2. The number of hydrogen-bond acceptors (Lipinski definition) is 2. The minimum atomic E-state index is -0.649. The zero-order valence-electron chi connectivity index (χ0n) is 11.1. The summed E-state index contributed by atoms with van der Waals surface area (Å²) < 4.78 is 5.30. The van der Waals surface area contributed by atoms with Gasteiger partial charge < -0.3 is 9.52 Å². The summed E-state index contributed by atoms with van der Waals surface area (Å²) >= 11 is 0. The van der Waals surface area contributed by atoms with Crippen molar-refractivity contribution < 1.29 is 9.52 Å². The zero-order valence-corrected chi connectivity index (χ0v) is 11.1. The van der Waals surface area contributed by atoms with Crippen molar-refractivity contribution in [1.82, 2.24) is 0 Å². The highest BCUT2D eigenvalue weighted by atomic mass is 16.3. The Hall–Kier alpha value is -2.06. The summed E-state index contributed by atoms with van der Waals surface area (Å²) in [5.41, 5.74) is 2.85. The lowest BCUT2D eigenvalue weighted by molar-refractivity contribution is 0.220. The lowest BCUT2D eigenvalue weighted by Gasteiger charge is -2.15. The lowest BCUT2D eigenvalue weighted by Crippen LogP contribution is -2.02. The van der Waals surface area contributed by atoms with Crippen LogP contribution < -0.4 is 0 Å². The van der Waals surface area contributed by atoms with E-state index in [4.69, 9.17) is 4.42 Å². The van der Waals surface area contributed by atoms with E-state index in [2.05, 4.69) is 12.1 Å². The smallest absolute Gasteiger partial charge is 0.108 e. The van der Waals surface area contributed by atoms with E-state index in [-0.39, 0.29) is 0 Å². The van der Waals surface area contributed by atoms with Gasteiger partial charge in [0.25, 0.3) is 0 Å². The number of rotatable bonds is 2. The van der Waals surface area contributed by atoms with Crippen molar-refractivity contribution in [2.75, 3.05) is 0 Å². The Balaban J connectivity index is 2.21. The van der Waals surface area contributed by atoms with Crippen LogP contribution in [0, 0.1) is 13.8 Å². The largest absolute Gasteiger partial charge is 0.469 e. The van der Waals surface area contributed by atoms with Gasteiger partial charge in [0, 0.05) is 5.56 Å². The van der Waals surface area contributed by atoms with Crippen molar-refractivity contribution in [2.24, 2.45) is 0 Å². The monoisotopic (exact) mass is 252 g/mol. The van der Waals surface area contributed by atoms with Gasteiger partial charge in [-0.1, -0.05) is 36.4 Å². The molecule has 0 aliphatic rings. The second-order valence-corrected chi connectivity index (χ2v) is 4.91. The molecule has 0 saturated carbocycles. The Labute approximate surface area is 112 Å². The maximum Gasteiger partial charge on any atom is 0.108 e. The molecule has 96 valence electrons. The third kappa shape index (κ3) is 2.04. The van der Waals surface area contributed by atoms with E-state index in [9.17, 15) is 5.11 Å². The van der Waals surface area contributed by atoms with Crippen LogP contribution in [0.25, 0.3) is 10.8 Å². The van der Waals surface area contributed by atoms with Crippen LogP contribution in [0.15, 0.2) is 53.1 Å². The number of furan rings is 1. The molecule has 2 nitrogen and oxygen atoms in total. The maximum absolute atomic E-state index is 10.6. The number of fused-ring (bicyclic) bond motifs is 1. The highest BCUT2D eigenvalue weighted by molar-refractivity contribution is 5.87. The van der Waals surface area contributed by atoms with Crippen molar-refractivity contribution in [1.29, 1.82) is 0 Å². The summed E-state index contributed by atoms with van der Waals surface area (Å²) in [7, 11) is 0. The molecule has 0 radical (unpaired) electrons. The fourth-order valence-electron chi connectivity index (χ4n) is 2.54. The quantitative estimate of drug-likeness (QED) is 0.744. The molecular formula is C17H16O2. The van der Waals surface area contributed by atoms with Crippen LogP contribution in [0.2, 0.25) is 0 Å². The minimum absolute atomic E-state index is 0.649. The first-order chi connectivity index (χ1) is 9.16. The van der Waals surface area contributed by atoms with Gasteiger partial charge in [-0.05, 0) is 41.8 Å². The first kappa shape index (κ1) is 12.0. The molecule has 0 amide bonds. The Kier molecular flexibility index (Phi) is 2.88. The highest BCUT2D eigenvalue weighted by Gasteiger charge is 2.17. The lowest BCUT2D eigenvalue weighted by atomic mass is 9.93. The third-order valence-corrected chi connectivity index (χ3v) is 3.53. The van der Waals surface area contributed by atoms with Crippen LogP contribution >= 0.6 is 0 Å². The Bertz CT molecular complexity index is 725. The molecule has 1 unspecified atom stereocenters. The van der Waals surface area contributed by atoms with Crippen molar-refractivity contribution in [3.8, 4) is 0 Å². The summed E-state index contributed by atoms with van der Waals surface area (Å²) in [5, 5.41) is 12.9. The molecule has 3 aromatic rings. The summed E-state index contributed by atoms with van der Waals surface area (Å²) in [6.07, 6.45) is 0.977. The van der Waals surface area contributed by atoms with Gasteiger partial charge in [-0.3, -0.25) is 0 Å². The predicted molar refractivity (Wildman–Crippen MR) is 76.2 cm³/mol.